The number of nitrogens with one attached hydrogen (secondary N) is 2. The smallest absolute Gasteiger partial charge is 0.260 e. The van der Waals surface area contributed by atoms with E-state index in [2.05, 4.69) is 15.3 Å². The number of H-pyrrole nitrogens is 1. The number of aromatic nitrogens is 2. The number of amides is 1. The first-order valence-electron chi connectivity index (χ1n) is 8.77. The van der Waals surface area contributed by atoms with Gasteiger partial charge in [-0.25, -0.2) is 4.98 Å². The zero-order valence-electron chi connectivity index (χ0n) is 15.4. The van der Waals surface area contributed by atoms with Gasteiger partial charge < -0.3 is 10.3 Å². The number of aryl methyl sites for hydroxylation is 1. The molecule has 0 aliphatic heterocycles. The van der Waals surface area contributed by atoms with Crippen LogP contribution < -0.4 is 10.9 Å². The van der Waals surface area contributed by atoms with Crippen molar-refractivity contribution in [3.8, 4) is 11.1 Å². The van der Waals surface area contributed by atoms with Crippen molar-refractivity contribution in [2.24, 2.45) is 0 Å². The van der Waals surface area contributed by atoms with Gasteiger partial charge in [0.1, 0.15) is 4.83 Å². The molecule has 8 heteroatoms. The number of thioether (sulfide) groups is 1. The van der Waals surface area contributed by atoms with Crippen LogP contribution in [-0.2, 0) is 4.79 Å². The summed E-state index contributed by atoms with van der Waals surface area (Å²) in [5.41, 5.74) is 3.21. The van der Waals surface area contributed by atoms with Gasteiger partial charge in [0, 0.05) is 21.7 Å². The van der Waals surface area contributed by atoms with Crippen LogP contribution in [0.1, 0.15) is 5.56 Å². The summed E-state index contributed by atoms with van der Waals surface area (Å²) in [5, 5.41) is 6.32. The highest BCUT2D eigenvalue weighted by molar-refractivity contribution is 7.99. The Labute approximate surface area is 180 Å². The van der Waals surface area contributed by atoms with Crippen LogP contribution in [0, 0.1) is 6.92 Å². The van der Waals surface area contributed by atoms with Crippen LogP contribution in [0.5, 0.6) is 0 Å². The van der Waals surface area contributed by atoms with Gasteiger partial charge in [-0.3, -0.25) is 9.59 Å². The van der Waals surface area contributed by atoms with E-state index >= 15 is 0 Å². The van der Waals surface area contributed by atoms with Gasteiger partial charge in [0.15, 0.2) is 5.16 Å². The van der Waals surface area contributed by atoms with E-state index in [1.165, 1.54) is 23.1 Å². The number of aromatic amines is 1. The Hall–Kier alpha value is -2.61. The van der Waals surface area contributed by atoms with E-state index in [0.717, 1.165) is 16.7 Å². The van der Waals surface area contributed by atoms with Crippen molar-refractivity contribution >= 4 is 56.5 Å². The van der Waals surface area contributed by atoms with Crippen LogP contribution in [0.4, 0.5) is 5.69 Å². The fraction of sp³-hybridized carbons (Fsp3) is 0.0952. The molecule has 1 amide bonds. The summed E-state index contributed by atoms with van der Waals surface area (Å²) in [5.74, 6) is -0.0783. The second-order valence-corrected chi connectivity index (χ2v) is 8.60. The molecule has 4 aromatic rings. The molecule has 2 N–H and O–H groups in total. The van der Waals surface area contributed by atoms with Gasteiger partial charge in [0.25, 0.3) is 5.56 Å². The molecular weight excluding hydrogens is 426 g/mol. The van der Waals surface area contributed by atoms with Crippen molar-refractivity contribution in [2.45, 2.75) is 12.1 Å². The Balaban J connectivity index is 1.49. The second-order valence-electron chi connectivity index (χ2n) is 6.37. The molecule has 0 atom stereocenters. The molecule has 0 saturated heterocycles. The summed E-state index contributed by atoms with van der Waals surface area (Å²) in [6.45, 7) is 1.90. The molecule has 0 aliphatic rings. The quantitative estimate of drug-likeness (QED) is 0.323. The maximum atomic E-state index is 12.6. The van der Waals surface area contributed by atoms with Crippen LogP contribution in [0.25, 0.3) is 21.3 Å². The Morgan fingerprint density at radius 3 is 2.79 bits per heavy atom. The predicted molar refractivity (Wildman–Crippen MR) is 121 cm³/mol. The fourth-order valence-electron chi connectivity index (χ4n) is 2.83. The normalized spacial score (nSPS) is 11.0. The number of benzene rings is 2. The number of nitrogens with zero attached hydrogens (tertiary/aromatic N) is 1. The Bertz CT molecular complexity index is 1250. The molecule has 2 aromatic carbocycles. The number of carbonyl (C=O) groups is 1. The first-order chi connectivity index (χ1) is 14.0. The third-order valence-corrected chi connectivity index (χ3v) is 6.46. The number of anilines is 1. The van der Waals surface area contributed by atoms with Crippen molar-refractivity contribution < 1.29 is 4.79 Å². The summed E-state index contributed by atoms with van der Waals surface area (Å²) in [6.07, 6.45) is 0. The highest BCUT2D eigenvalue weighted by atomic mass is 35.5. The topological polar surface area (TPSA) is 74.8 Å². The van der Waals surface area contributed by atoms with Gasteiger partial charge >= 0.3 is 0 Å². The lowest BCUT2D eigenvalue weighted by atomic mass is 10.1. The van der Waals surface area contributed by atoms with E-state index in [9.17, 15) is 9.59 Å². The van der Waals surface area contributed by atoms with Crippen molar-refractivity contribution in [3.63, 3.8) is 0 Å². The van der Waals surface area contributed by atoms with E-state index < -0.39 is 0 Å². The number of fused-ring (bicyclic) bond motifs is 1. The lowest BCUT2D eigenvalue weighted by molar-refractivity contribution is -0.113. The number of halogens is 1. The molecule has 2 heterocycles. The molecule has 0 aliphatic carbocycles. The maximum absolute atomic E-state index is 12.6. The van der Waals surface area contributed by atoms with Crippen LogP contribution in [0.15, 0.2) is 63.9 Å². The van der Waals surface area contributed by atoms with Crippen molar-refractivity contribution in [1.29, 1.82) is 0 Å². The molecule has 146 valence electrons. The monoisotopic (exact) mass is 441 g/mol. The van der Waals surface area contributed by atoms with Crippen LogP contribution >= 0.6 is 34.7 Å². The zero-order valence-corrected chi connectivity index (χ0v) is 17.8. The average molecular weight is 442 g/mol. The van der Waals surface area contributed by atoms with Crippen LogP contribution in [-0.4, -0.2) is 21.6 Å². The Kier molecular flexibility index (Phi) is 5.71. The minimum absolute atomic E-state index is 0.122. The first-order valence-corrected chi connectivity index (χ1v) is 11.0. The highest BCUT2D eigenvalue weighted by Crippen LogP contribution is 2.31. The van der Waals surface area contributed by atoms with Crippen LogP contribution in [0.3, 0.4) is 0 Å². The Morgan fingerprint density at radius 2 is 2.03 bits per heavy atom. The van der Waals surface area contributed by atoms with Gasteiger partial charge in [0.05, 0.1) is 11.1 Å². The second kappa shape index (κ2) is 8.41. The van der Waals surface area contributed by atoms with Crippen molar-refractivity contribution in [1.82, 2.24) is 9.97 Å². The molecule has 0 unspecified atom stereocenters. The van der Waals surface area contributed by atoms with E-state index in [1.807, 2.05) is 48.7 Å². The third kappa shape index (κ3) is 4.37. The van der Waals surface area contributed by atoms with E-state index in [4.69, 9.17) is 11.6 Å². The lowest BCUT2D eigenvalue weighted by Gasteiger charge is -2.06. The lowest BCUT2D eigenvalue weighted by Crippen LogP contribution is -2.15. The van der Waals surface area contributed by atoms with Gasteiger partial charge in [-0.1, -0.05) is 59.8 Å². The van der Waals surface area contributed by atoms with E-state index in [-0.39, 0.29) is 17.2 Å². The summed E-state index contributed by atoms with van der Waals surface area (Å²) >= 11 is 8.69. The largest absolute Gasteiger partial charge is 0.325 e. The summed E-state index contributed by atoms with van der Waals surface area (Å²) in [4.78, 5) is 32.8. The van der Waals surface area contributed by atoms with Gasteiger partial charge in [-0.15, -0.1) is 11.3 Å². The Morgan fingerprint density at radius 1 is 1.24 bits per heavy atom. The number of hydrogen-bond acceptors (Lipinski definition) is 5. The first kappa shape index (κ1) is 19.7. The van der Waals surface area contributed by atoms with E-state index in [0.29, 0.717) is 26.1 Å². The summed E-state index contributed by atoms with van der Waals surface area (Å²) in [6, 6.07) is 15.1. The molecule has 0 spiro atoms. The van der Waals surface area contributed by atoms with Crippen molar-refractivity contribution in [3.05, 3.63) is 74.9 Å². The summed E-state index contributed by atoms with van der Waals surface area (Å²) in [7, 11) is 0. The number of rotatable bonds is 5. The molecule has 29 heavy (non-hydrogen) atoms. The standard InChI is InChI=1S/C21H16ClN3O2S2/c1-12-7-8-14(9-16(12)22)23-17(26)11-29-21-24-19(27)18-15(10-28-20(18)25-21)13-5-3-2-4-6-13/h2-10H,11H2,1H3,(H,23,26)(H,24,25,27). The number of hydrogen-bond donors (Lipinski definition) is 2. The minimum atomic E-state index is -0.205. The fourth-order valence-corrected chi connectivity index (χ4v) is 4.68. The third-order valence-electron chi connectivity index (χ3n) is 4.30. The molecule has 2 aromatic heterocycles. The molecule has 4 rings (SSSR count). The van der Waals surface area contributed by atoms with Crippen molar-refractivity contribution in [2.75, 3.05) is 11.1 Å². The molecule has 0 saturated carbocycles. The van der Waals surface area contributed by atoms with E-state index in [1.54, 1.807) is 12.1 Å². The van der Waals surface area contributed by atoms with Gasteiger partial charge in [-0.05, 0) is 30.2 Å². The maximum Gasteiger partial charge on any atom is 0.260 e. The molecule has 5 nitrogen and oxygen atoms in total. The molecular formula is C21H16ClN3O2S2. The molecule has 0 fully saturated rings. The summed E-state index contributed by atoms with van der Waals surface area (Å²) < 4.78 is 0. The zero-order chi connectivity index (χ0) is 20.4. The SMILES string of the molecule is Cc1ccc(NC(=O)CSc2nc3scc(-c4ccccc4)c3c(=O)[nH]2)cc1Cl. The predicted octanol–water partition coefficient (Wildman–Crippen LogP) is 5.34. The molecule has 0 bridgehead atoms. The number of thiophene rings is 1. The van der Waals surface area contributed by atoms with Crippen LogP contribution in [0.2, 0.25) is 5.02 Å². The van der Waals surface area contributed by atoms with Gasteiger partial charge in [-0.2, -0.15) is 0 Å². The van der Waals surface area contributed by atoms with Gasteiger partial charge in [0.2, 0.25) is 5.91 Å². The minimum Gasteiger partial charge on any atom is -0.325 e. The number of carbonyl (C=O) groups excluding carboxylic acids is 1. The average Bonchev–Trinajstić information content (AvgIpc) is 3.15. The highest BCUT2D eigenvalue weighted by Gasteiger charge is 2.14. The molecule has 0 radical (unpaired) electrons.